The molecule has 0 radical (unpaired) electrons. The number of hydrogen-bond donors (Lipinski definition) is 1. The van der Waals surface area contributed by atoms with Crippen LogP contribution in [0.2, 0.25) is 0 Å². The summed E-state index contributed by atoms with van der Waals surface area (Å²) in [5.41, 5.74) is 2.73. The van der Waals surface area contributed by atoms with E-state index in [0.29, 0.717) is 6.04 Å². The molecule has 2 nitrogen and oxygen atoms in total. The molecule has 17 heavy (non-hydrogen) atoms. The Hall–Kier alpha value is -0.860. The molecule has 1 aromatic carbocycles. The molecule has 1 rings (SSSR count). The summed E-state index contributed by atoms with van der Waals surface area (Å²) in [5.74, 6) is 0. The van der Waals surface area contributed by atoms with Gasteiger partial charge in [-0.05, 0) is 37.9 Å². The molecular weight excluding hydrogens is 210 g/mol. The highest BCUT2D eigenvalue weighted by Gasteiger charge is 2.10. The Morgan fingerprint density at radius 2 is 2.00 bits per heavy atom. The molecule has 1 aromatic rings. The molecule has 0 aliphatic rings. The van der Waals surface area contributed by atoms with Gasteiger partial charge in [-0.3, -0.25) is 0 Å². The molecule has 0 spiro atoms. The molecule has 0 aliphatic carbocycles. The summed E-state index contributed by atoms with van der Waals surface area (Å²) in [6.07, 6.45) is 3.40. The number of unbranched alkanes of at least 4 members (excludes halogenated alkanes) is 1. The van der Waals surface area contributed by atoms with Crippen molar-refractivity contribution in [1.82, 2.24) is 5.32 Å². The van der Waals surface area contributed by atoms with Crippen molar-refractivity contribution in [3.05, 3.63) is 35.4 Å². The van der Waals surface area contributed by atoms with Crippen LogP contribution in [0.5, 0.6) is 0 Å². The zero-order valence-corrected chi connectivity index (χ0v) is 11.3. The van der Waals surface area contributed by atoms with E-state index in [1.54, 1.807) is 0 Å². The Labute approximate surface area is 105 Å². The third kappa shape index (κ3) is 4.88. The van der Waals surface area contributed by atoms with Crippen LogP contribution in [0.4, 0.5) is 0 Å². The van der Waals surface area contributed by atoms with Crippen molar-refractivity contribution in [3.63, 3.8) is 0 Å². The van der Waals surface area contributed by atoms with Gasteiger partial charge >= 0.3 is 0 Å². The van der Waals surface area contributed by atoms with E-state index in [4.69, 9.17) is 4.74 Å². The maximum Gasteiger partial charge on any atom is 0.0484 e. The van der Waals surface area contributed by atoms with E-state index in [1.807, 2.05) is 7.05 Å². The van der Waals surface area contributed by atoms with Gasteiger partial charge in [-0.15, -0.1) is 0 Å². The lowest BCUT2D eigenvalue weighted by Crippen LogP contribution is -2.19. The second-order valence-electron chi connectivity index (χ2n) is 4.45. The van der Waals surface area contributed by atoms with Gasteiger partial charge in [0.2, 0.25) is 0 Å². The van der Waals surface area contributed by atoms with Crippen molar-refractivity contribution in [3.8, 4) is 0 Å². The van der Waals surface area contributed by atoms with Crippen molar-refractivity contribution < 1.29 is 4.74 Å². The first-order valence-corrected chi connectivity index (χ1v) is 6.60. The van der Waals surface area contributed by atoms with Crippen molar-refractivity contribution in [2.24, 2.45) is 0 Å². The van der Waals surface area contributed by atoms with E-state index in [0.717, 1.165) is 26.1 Å². The highest BCUT2D eigenvalue weighted by Crippen LogP contribution is 2.19. The second kappa shape index (κ2) is 8.26. The molecule has 2 heteroatoms. The van der Waals surface area contributed by atoms with Crippen molar-refractivity contribution >= 4 is 0 Å². The minimum atomic E-state index is 0.401. The molecular formula is C15H25NO. The largest absolute Gasteiger partial charge is 0.381 e. The molecule has 0 bridgehead atoms. The van der Waals surface area contributed by atoms with Crippen LogP contribution >= 0.6 is 0 Å². The molecule has 96 valence electrons. The molecule has 0 aliphatic heterocycles. The van der Waals surface area contributed by atoms with Gasteiger partial charge in [0.15, 0.2) is 0 Å². The lowest BCUT2D eigenvalue weighted by atomic mass is 9.99. The molecule has 1 atom stereocenters. The van der Waals surface area contributed by atoms with Crippen LogP contribution in [0, 0.1) is 6.92 Å². The van der Waals surface area contributed by atoms with Crippen molar-refractivity contribution in [2.45, 2.75) is 39.2 Å². The second-order valence-corrected chi connectivity index (χ2v) is 4.45. The van der Waals surface area contributed by atoms with Gasteiger partial charge in [0.05, 0.1) is 0 Å². The Morgan fingerprint density at radius 1 is 1.24 bits per heavy atom. The van der Waals surface area contributed by atoms with Crippen LogP contribution in [0.1, 0.15) is 43.4 Å². The smallest absolute Gasteiger partial charge is 0.0484 e. The highest BCUT2D eigenvalue weighted by molar-refractivity contribution is 5.28. The fourth-order valence-corrected chi connectivity index (χ4v) is 1.98. The number of nitrogens with one attached hydrogen (secondary N) is 1. The fourth-order valence-electron chi connectivity index (χ4n) is 1.98. The lowest BCUT2D eigenvalue weighted by molar-refractivity contribution is 0.122. The lowest BCUT2D eigenvalue weighted by Gasteiger charge is -2.18. The number of aryl methyl sites for hydroxylation is 1. The van der Waals surface area contributed by atoms with E-state index in [2.05, 4.69) is 43.4 Å². The van der Waals surface area contributed by atoms with Gasteiger partial charge in [-0.25, -0.2) is 0 Å². The van der Waals surface area contributed by atoms with E-state index < -0.39 is 0 Å². The van der Waals surface area contributed by atoms with Crippen LogP contribution < -0.4 is 5.32 Å². The minimum absolute atomic E-state index is 0.401. The molecule has 1 N–H and O–H groups in total. The fraction of sp³-hybridized carbons (Fsp3) is 0.600. The Morgan fingerprint density at radius 3 is 2.65 bits per heavy atom. The zero-order chi connectivity index (χ0) is 12.5. The molecule has 0 saturated heterocycles. The topological polar surface area (TPSA) is 21.3 Å². The summed E-state index contributed by atoms with van der Waals surface area (Å²) in [6, 6.07) is 8.95. The van der Waals surface area contributed by atoms with Crippen LogP contribution in [0.25, 0.3) is 0 Å². The zero-order valence-electron chi connectivity index (χ0n) is 11.3. The summed E-state index contributed by atoms with van der Waals surface area (Å²) in [5, 5.41) is 3.37. The molecule has 0 amide bonds. The Bertz CT molecular complexity index is 312. The number of hydrogen-bond acceptors (Lipinski definition) is 2. The van der Waals surface area contributed by atoms with E-state index >= 15 is 0 Å². The van der Waals surface area contributed by atoms with E-state index in [-0.39, 0.29) is 0 Å². The molecule has 0 heterocycles. The van der Waals surface area contributed by atoms with Crippen molar-refractivity contribution in [1.29, 1.82) is 0 Å². The van der Waals surface area contributed by atoms with Crippen molar-refractivity contribution in [2.75, 3.05) is 20.3 Å². The van der Waals surface area contributed by atoms with Gasteiger partial charge in [0.25, 0.3) is 0 Å². The Kier molecular flexibility index (Phi) is 6.90. The third-order valence-electron chi connectivity index (χ3n) is 3.11. The van der Waals surface area contributed by atoms with Gasteiger partial charge < -0.3 is 10.1 Å². The van der Waals surface area contributed by atoms with Gasteiger partial charge in [-0.2, -0.15) is 0 Å². The summed E-state index contributed by atoms with van der Waals surface area (Å²) < 4.78 is 5.63. The number of benzene rings is 1. The maximum absolute atomic E-state index is 5.63. The average Bonchev–Trinajstić information content (AvgIpc) is 2.35. The van der Waals surface area contributed by atoms with Crippen LogP contribution in [0.15, 0.2) is 24.3 Å². The average molecular weight is 235 g/mol. The van der Waals surface area contributed by atoms with Gasteiger partial charge in [0.1, 0.15) is 0 Å². The molecule has 0 fully saturated rings. The summed E-state index contributed by atoms with van der Waals surface area (Å²) in [7, 11) is 2.02. The number of rotatable bonds is 8. The quantitative estimate of drug-likeness (QED) is 0.697. The normalized spacial score (nSPS) is 12.6. The van der Waals surface area contributed by atoms with Crippen LogP contribution in [-0.4, -0.2) is 20.3 Å². The predicted molar refractivity (Wildman–Crippen MR) is 73.3 cm³/mol. The summed E-state index contributed by atoms with van der Waals surface area (Å²) in [6.45, 7) is 6.07. The van der Waals surface area contributed by atoms with Crippen LogP contribution in [-0.2, 0) is 4.74 Å². The minimum Gasteiger partial charge on any atom is -0.381 e. The van der Waals surface area contributed by atoms with Crippen LogP contribution in [0.3, 0.4) is 0 Å². The first-order valence-electron chi connectivity index (χ1n) is 6.60. The summed E-state index contributed by atoms with van der Waals surface area (Å²) in [4.78, 5) is 0. The van der Waals surface area contributed by atoms with E-state index in [9.17, 15) is 0 Å². The molecule has 0 aromatic heterocycles. The first kappa shape index (κ1) is 14.2. The standard InChI is InChI=1S/C15H25NO/c1-4-5-11-17-12-10-15(16-3)14-9-7-6-8-13(14)2/h6-9,15-16H,4-5,10-12H2,1-3H3. The predicted octanol–water partition coefficient (Wildman–Crippen LogP) is 3.46. The molecule has 0 saturated carbocycles. The third-order valence-corrected chi connectivity index (χ3v) is 3.11. The van der Waals surface area contributed by atoms with Gasteiger partial charge in [-0.1, -0.05) is 37.6 Å². The van der Waals surface area contributed by atoms with E-state index in [1.165, 1.54) is 17.5 Å². The number of ether oxygens (including phenoxy) is 1. The summed E-state index contributed by atoms with van der Waals surface area (Å²) >= 11 is 0. The monoisotopic (exact) mass is 235 g/mol. The molecule has 1 unspecified atom stereocenters. The highest BCUT2D eigenvalue weighted by atomic mass is 16.5. The SMILES string of the molecule is CCCCOCCC(NC)c1ccccc1C. The van der Waals surface area contributed by atoms with Gasteiger partial charge in [0, 0.05) is 19.3 Å². The Balaban J connectivity index is 2.41. The first-order chi connectivity index (χ1) is 8.29. The maximum atomic E-state index is 5.63.